The zero-order valence-electron chi connectivity index (χ0n) is 23.7. The second kappa shape index (κ2) is 12.9. The normalized spacial score (nSPS) is 25.0. The third-order valence-electron chi connectivity index (χ3n) is 7.58. The summed E-state index contributed by atoms with van der Waals surface area (Å²) in [6, 6.07) is 5.22. The molecule has 230 valence electrons. The Morgan fingerprint density at radius 3 is 2.76 bits per heavy atom. The number of benzene rings is 1. The molecule has 0 bridgehead atoms. The molecular formula is C26H37ClN7O7P. The number of nitrogens with zero attached hydrogens (tertiary/aromatic N) is 4. The Balaban J connectivity index is 1.29. The van der Waals surface area contributed by atoms with Crippen LogP contribution in [0, 0.1) is 5.92 Å². The number of hydrazine groups is 1. The summed E-state index contributed by atoms with van der Waals surface area (Å²) in [6.45, 7) is 5.48. The largest absolute Gasteiger partial charge is 0.461 e. The second-order valence-electron chi connectivity index (χ2n) is 10.6. The first-order valence-corrected chi connectivity index (χ1v) is 15.9. The Kier molecular flexibility index (Phi) is 9.43. The van der Waals surface area contributed by atoms with Gasteiger partial charge in [0.15, 0.2) is 17.0 Å². The van der Waals surface area contributed by atoms with E-state index < -0.39 is 44.1 Å². The average molecular weight is 626 g/mol. The Hall–Kier alpha value is -2.71. The fourth-order valence-corrected chi connectivity index (χ4v) is 6.77. The van der Waals surface area contributed by atoms with E-state index in [1.807, 2.05) is 13.8 Å². The van der Waals surface area contributed by atoms with E-state index in [2.05, 4.69) is 20.3 Å². The van der Waals surface area contributed by atoms with Crippen LogP contribution < -0.4 is 20.5 Å². The highest BCUT2D eigenvalue weighted by molar-refractivity contribution is 7.52. The fraction of sp³-hybridized carbons (Fsp3) is 0.577. The minimum Gasteiger partial charge on any atom is -0.461 e. The Morgan fingerprint density at radius 2 is 2.07 bits per heavy atom. The molecule has 2 aliphatic rings. The smallest absolute Gasteiger partial charge is 0.459 e. The van der Waals surface area contributed by atoms with Gasteiger partial charge in [-0.2, -0.15) is 10.2 Å². The molecule has 1 aromatic carbocycles. The number of aliphatic hydroxyl groups is 1. The number of fused-ring (bicyclic) bond motifs is 1. The summed E-state index contributed by atoms with van der Waals surface area (Å²) >= 11 is 5.98. The van der Waals surface area contributed by atoms with E-state index in [4.69, 9.17) is 36.0 Å². The van der Waals surface area contributed by atoms with Crippen molar-refractivity contribution in [2.45, 2.75) is 77.0 Å². The first kappa shape index (κ1) is 30.7. The highest BCUT2D eigenvalue weighted by atomic mass is 35.5. The lowest BCUT2D eigenvalue weighted by atomic mass is 10.0. The van der Waals surface area contributed by atoms with Gasteiger partial charge in [-0.05, 0) is 63.8 Å². The van der Waals surface area contributed by atoms with Crippen molar-refractivity contribution in [3.63, 3.8) is 0 Å². The number of nitrogens with two attached hydrogens (primary N) is 1. The first-order valence-electron chi connectivity index (χ1n) is 14.0. The number of anilines is 1. The zero-order valence-corrected chi connectivity index (χ0v) is 25.3. The summed E-state index contributed by atoms with van der Waals surface area (Å²) < 4.78 is 38.9. The Morgan fingerprint density at radius 1 is 1.36 bits per heavy atom. The van der Waals surface area contributed by atoms with Gasteiger partial charge in [-0.15, -0.1) is 0 Å². The van der Waals surface area contributed by atoms with E-state index in [0.717, 1.165) is 25.7 Å². The number of aromatic amines is 1. The number of aromatic nitrogens is 4. The van der Waals surface area contributed by atoms with Crippen molar-refractivity contribution in [3.05, 3.63) is 35.6 Å². The van der Waals surface area contributed by atoms with Crippen LogP contribution in [0.1, 0.15) is 52.7 Å². The average Bonchev–Trinajstić information content (AvgIpc) is 3.76. The molecule has 0 radical (unpaired) electrons. The molecule has 1 aliphatic carbocycles. The molecule has 1 saturated heterocycles. The summed E-state index contributed by atoms with van der Waals surface area (Å²) in [5.41, 5.74) is 1.07. The van der Waals surface area contributed by atoms with Crippen LogP contribution in [0.2, 0.25) is 5.02 Å². The van der Waals surface area contributed by atoms with Crippen LogP contribution in [-0.2, 0) is 23.4 Å². The maximum absolute atomic E-state index is 14.0. The molecule has 3 heterocycles. The maximum atomic E-state index is 14.0. The molecule has 2 aromatic heterocycles. The molecule has 1 saturated carbocycles. The Labute approximate surface area is 248 Å². The molecule has 0 amide bonds. The monoisotopic (exact) mass is 625 g/mol. The van der Waals surface area contributed by atoms with Crippen LogP contribution in [0.25, 0.3) is 11.2 Å². The zero-order chi connectivity index (χ0) is 30.0. The van der Waals surface area contributed by atoms with Crippen LogP contribution in [0.5, 0.6) is 5.75 Å². The third kappa shape index (κ3) is 6.60. The lowest BCUT2D eigenvalue weighted by Crippen LogP contribution is -2.37. The lowest BCUT2D eigenvalue weighted by molar-refractivity contribution is -0.150. The van der Waals surface area contributed by atoms with Crippen LogP contribution in [0.3, 0.4) is 0 Å². The van der Waals surface area contributed by atoms with E-state index in [-0.39, 0.29) is 18.5 Å². The van der Waals surface area contributed by atoms with Gasteiger partial charge in [-0.25, -0.2) is 15.4 Å². The van der Waals surface area contributed by atoms with E-state index in [0.29, 0.717) is 28.5 Å². The van der Waals surface area contributed by atoms with Gasteiger partial charge in [0.1, 0.15) is 30.2 Å². The van der Waals surface area contributed by atoms with Crippen molar-refractivity contribution in [2.24, 2.45) is 11.8 Å². The van der Waals surface area contributed by atoms with Crippen molar-refractivity contribution in [2.75, 3.05) is 18.2 Å². The summed E-state index contributed by atoms with van der Waals surface area (Å²) in [5.74, 6) is 5.83. The van der Waals surface area contributed by atoms with Gasteiger partial charge >= 0.3 is 13.7 Å². The van der Waals surface area contributed by atoms with Crippen LogP contribution in [0.4, 0.5) is 5.82 Å². The molecule has 6 atom stereocenters. The predicted molar refractivity (Wildman–Crippen MR) is 155 cm³/mol. The first-order chi connectivity index (χ1) is 20.1. The molecule has 5 unspecified atom stereocenters. The van der Waals surface area contributed by atoms with Crippen molar-refractivity contribution < 1.29 is 33.0 Å². The number of hydrogen-bond donors (Lipinski definition) is 4. The molecule has 42 heavy (non-hydrogen) atoms. The van der Waals surface area contributed by atoms with Crippen molar-refractivity contribution >= 4 is 42.3 Å². The van der Waals surface area contributed by atoms with Gasteiger partial charge in [0.05, 0.1) is 19.0 Å². The van der Waals surface area contributed by atoms with Crippen LogP contribution in [0.15, 0.2) is 30.6 Å². The second-order valence-corrected chi connectivity index (χ2v) is 12.8. The number of halogens is 1. The number of H-pyrrole nitrogens is 1. The summed E-state index contributed by atoms with van der Waals surface area (Å²) in [6.07, 6.45) is 2.51. The topological polar surface area (TPSA) is 179 Å². The molecule has 16 heteroatoms. The molecule has 5 N–H and O–H groups in total. The van der Waals surface area contributed by atoms with E-state index in [1.165, 1.54) is 24.1 Å². The highest BCUT2D eigenvalue weighted by Gasteiger charge is 2.44. The van der Waals surface area contributed by atoms with Gasteiger partial charge in [0.25, 0.3) is 0 Å². The van der Waals surface area contributed by atoms with E-state index in [9.17, 15) is 14.5 Å². The Bertz CT molecular complexity index is 1410. The van der Waals surface area contributed by atoms with E-state index >= 15 is 0 Å². The summed E-state index contributed by atoms with van der Waals surface area (Å²) in [4.78, 5) is 17.2. The number of esters is 1. The predicted octanol–water partition coefficient (Wildman–Crippen LogP) is 3.67. The maximum Gasteiger partial charge on any atom is 0.459 e. The number of rotatable bonds is 12. The summed E-state index contributed by atoms with van der Waals surface area (Å²) in [5, 5.41) is 22.9. The number of nitrogens with one attached hydrogen (secondary N) is 2. The summed E-state index contributed by atoms with van der Waals surface area (Å²) in [7, 11) is -4.18. The number of aliphatic hydroxyl groups excluding tert-OH is 1. The molecule has 5 rings (SSSR count). The van der Waals surface area contributed by atoms with Crippen LogP contribution in [-0.4, -0.2) is 68.3 Å². The number of carbonyl (C=O) groups is 1. The van der Waals surface area contributed by atoms with Crippen LogP contribution >= 0.6 is 19.3 Å². The number of imidazole rings is 1. The van der Waals surface area contributed by atoms with Gasteiger partial charge in [0, 0.05) is 17.5 Å². The van der Waals surface area contributed by atoms with Crippen molar-refractivity contribution in [3.8, 4) is 5.75 Å². The van der Waals surface area contributed by atoms with Gasteiger partial charge in [-0.3, -0.25) is 24.0 Å². The van der Waals surface area contributed by atoms with Gasteiger partial charge in [0.2, 0.25) is 0 Å². The highest BCUT2D eigenvalue weighted by Crippen LogP contribution is 2.47. The lowest BCUT2D eigenvalue weighted by Gasteiger charge is -2.25. The fourth-order valence-electron chi connectivity index (χ4n) is 5.14. The number of ether oxygens (including phenoxy) is 2. The van der Waals surface area contributed by atoms with Crippen molar-refractivity contribution in [1.29, 1.82) is 0 Å². The van der Waals surface area contributed by atoms with E-state index in [1.54, 1.807) is 23.0 Å². The molecule has 1 aliphatic heterocycles. The molecule has 0 spiro atoms. The molecule has 2 fully saturated rings. The minimum atomic E-state index is -4.18. The van der Waals surface area contributed by atoms with Gasteiger partial charge < -0.3 is 19.1 Å². The number of hydrogen-bond acceptors (Lipinski definition) is 11. The molecular weight excluding hydrogens is 589 g/mol. The number of carbonyl (C=O) groups excluding carboxylic acids is 1. The SMILES string of the molecule is CCN(N)c1[nH]nc2c1ncn2C1OC(COP(=O)(NC(C)C(=O)OC2CCCC2)Oc2ccc(Cl)cc2)[C@@H](O)C1C. The van der Waals surface area contributed by atoms with Gasteiger partial charge in [-0.1, -0.05) is 18.5 Å². The standard InChI is InChI=1S/C26H37ClN7O7P/c1-4-34(28)24-21-23(30-31-24)33(14-29-21)25-15(2)22(35)20(40-25)13-38-42(37,41-19-11-9-17(27)10-12-19)32-16(3)26(36)39-18-7-5-6-8-18/h9-12,14-16,18,20,22,25,35H,4-8,13,28H2,1-3H3,(H,30,31)(H,32,37)/t15?,16?,20?,22-,25?,42?/m0/s1. The van der Waals surface area contributed by atoms with Crippen molar-refractivity contribution in [1.82, 2.24) is 24.8 Å². The minimum absolute atomic E-state index is 0.158. The molecule has 3 aromatic rings. The molecule has 14 nitrogen and oxygen atoms in total. The third-order valence-corrected chi connectivity index (χ3v) is 9.48. The quantitative estimate of drug-likeness (QED) is 0.0994.